The van der Waals surface area contributed by atoms with E-state index >= 15 is 0 Å². The van der Waals surface area contributed by atoms with Crippen LogP contribution in [0.5, 0.6) is 0 Å². The highest BCUT2D eigenvalue weighted by Crippen LogP contribution is 2.31. The van der Waals surface area contributed by atoms with Crippen molar-refractivity contribution in [1.82, 2.24) is 9.78 Å². The van der Waals surface area contributed by atoms with E-state index in [4.69, 9.17) is 0 Å². The minimum atomic E-state index is -1.19. The molecule has 0 aliphatic carbocycles. The normalized spacial score (nSPS) is 14.4. The van der Waals surface area contributed by atoms with Crippen molar-refractivity contribution in [2.45, 2.75) is 32.4 Å². The molecule has 0 radical (unpaired) electrons. The fourth-order valence-electron chi connectivity index (χ4n) is 2.23. The lowest BCUT2D eigenvalue weighted by Crippen LogP contribution is -2.29. The molecular formula is C14H16BrFN2O. The van der Waals surface area contributed by atoms with E-state index in [1.54, 1.807) is 36.0 Å². The standard InChI is InChI=1S/C14H16BrFN2O/c1-3-18-13(11(15)9-17-18)14(2,19)8-10-6-4-5-7-12(10)16/h4-7,9,19H,3,8H2,1-2H3. The Morgan fingerprint density at radius 3 is 2.74 bits per heavy atom. The van der Waals surface area contributed by atoms with E-state index in [0.717, 1.165) is 4.47 Å². The Labute approximate surface area is 120 Å². The highest BCUT2D eigenvalue weighted by Gasteiger charge is 2.31. The molecule has 1 aromatic heterocycles. The maximum atomic E-state index is 13.7. The Hall–Kier alpha value is -1.20. The Bertz CT molecular complexity index is 581. The van der Waals surface area contributed by atoms with Gasteiger partial charge in [0.1, 0.15) is 11.4 Å². The second-order valence-corrected chi connectivity index (χ2v) is 5.55. The van der Waals surface area contributed by atoms with E-state index in [1.165, 1.54) is 6.07 Å². The monoisotopic (exact) mass is 326 g/mol. The van der Waals surface area contributed by atoms with Crippen molar-refractivity contribution in [1.29, 1.82) is 0 Å². The summed E-state index contributed by atoms with van der Waals surface area (Å²) in [5, 5.41) is 14.9. The highest BCUT2D eigenvalue weighted by atomic mass is 79.9. The summed E-state index contributed by atoms with van der Waals surface area (Å²) in [5.41, 5.74) is -0.0328. The summed E-state index contributed by atoms with van der Waals surface area (Å²) in [7, 11) is 0. The van der Waals surface area contributed by atoms with E-state index in [2.05, 4.69) is 21.0 Å². The number of aryl methyl sites for hydroxylation is 1. The van der Waals surface area contributed by atoms with Crippen LogP contribution in [0, 0.1) is 5.82 Å². The third-order valence-corrected chi connectivity index (χ3v) is 3.68. The van der Waals surface area contributed by atoms with Gasteiger partial charge in [0.15, 0.2) is 0 Å². The van der Waals surface area contributed by atoms with E-state index < -0.39 is 5.60 Å². The molecule has 0 amide bonds. The van der Waals surface area contributed by atoms with Crippen LogP contribution in [0.2, 0.25) is 0 Å². The van der Waals surface area contributed by atoms with E-state index in [-0.39, 0.29) is 12.2 Å². The second-order valence-electron chi connectivity index (χ2n) is 4.70. The van der Waals surface area contributed by atoms with Crippen LogP contribution >= 0.6 is 15.9 Å². The summed E-state index contributed by atoms with van der Waals surface area (Å²) in [4.78, 5) is 0. The molecule has 1 heterocycles. The summed E-state index contributed by atoms with van der Waals surface area (Å²) < 4.78 is 16.1. The molecular weight excluding hydrogens is 311 g/mol. The number of benzene rings is 1. The first-order chi connectivity index (χ1) is 8.95. The molecule has 2 aromatic rings. The summed E-state index contributed by atoms with van der Waals surface area (Å²) in [5.74, 6) is -0.304. The number of aliphatic hydroxyl groups is 1. The molecule has 1 atom stereocenters. The van der Waals surface area contributed by atoms with Gasteiger partial charge in [-0.15, -0.1) is 0 Å². The molecule has 0 fully saturated rings. The number of nitrogens with zero attached hydrogens (tertiary/aromatic N) is 2. The molecule has 0 aliphatic rings. The van der Waals surface area contributed by atoms with Crippen LogP contribution in [0.15, 0.2) is 34.9 Å². The largest absolute Gasteiger partial charge is 0.383 e. The van der Waals surface area contributed by atoms with Crippen molar-refractivity contribution in [3.8, 4) is 0 Å². The topological polar surface area (TPSA) is 38.0 Å². The number of hydrogen-bond donors (Lipinski definition) is 1. The van der Waals surface area contributed by atoms with Crippen LogP contribution in [-0.4, -0.2) is 14.9 Å². The summed E-state index contributed by atoms with van der Waals surface area (Å²) >= 11 is 3.39. The Balaban J connectivity index is 2.37. The molecule has 0 bridgehead atoms. The summed E-state index contributed by atoms with van der Waals surface area (Å²) in [6.45, 7) is 4.27. The fourth-order valence-corrected chi connectivity index (χ4v) is 2.96. The molecule has 19 heavy (non-hydrogen) atoms. The van der Waals surface area contributed by atoms with Crippen molar-refractivity contribution in [2.75, 3.05) is 0 Å². The fraction of sp³-hybridized carbons (Fsp3) is 0.357. The van der Waals surface area contributed by atoms with Gasteiger partial charge in [-0.2, -0.15) is 5.10 Å². The first-order valence-corrected chi connectivity index (χ1v) is 6.92. The Morgan fingerprint density at radius 1 is 1.42 bits per heavy atom. The molecule has 3 nitrogen and oxygen atoms in total. The van der Waals surface area contributed by atoms with Gasteiger partial charge in [0, 0.05) is 13.0 Å². The predicted octanol–water partition coefficient (Wildman–Crippen LogP) is 3.25. The van der Waals surface area contributed by atoms with E-state index in [9.17, 15) is 9.50 Å². The average molecular weight is 327 g/mol. The molecule has 5 heteroatoms. The molecule has 0 saturated carbocycles. The summed E-state index contributed by atoms with van der Waals surface area (Å²) in [6.07, 6.45) is 1.85. The lowest BCUT2D eigenvalue weighted by atomic mass is 9.93. The molecule has 0 spiro atoms. The molecule has 102 valence electrons. The Kier molecular flexibility index (Phi) is 4.06. The third-order valence-electron chi connectivity index (χ3n) is 3.10. The van der Waals surface area contributed by atoms with Gasteiger partial charge >= 0.3 is 0 Å². The van der Waals surface area contributed by atoms with Gasteiger partial charge in [0.05, 0.1) is 16.4 Å². The lowest BCUT2D eigenvalue weighted by molar-refractivity contribution is 0.0464. The van der Waals surface area contributed by atoms with Crippen molar-refractivity contribution in [3.63, 3.8) is 0 Å². The predicted molar refractivity (Wildman–Crippen MR) is 75.3 cm³/mol. The molecule has 1 N–H and O–H groups in total. The first kappa shape index (κ1) is 14.2. The quantitative estimate of drug-likeness (QED) is 0.936. The molecule has 0 aliphatic heterocycles. The second kappa shape index (κ2) is 5.43. The molecule has 1 aromatic carbocycles. The van der Waals surface area contributed by atoms with Crippen LogP contribution in [0.3, 0.4) is 0 Å². The Morgan fingerprint density at radius 2 is 2.11 bits per heavy atom. The van der Waals surface area contributed by atoms with Crippen LogP contribution < -0.4 is 0 Å². The zero-order valence-electron chi connectivity index (χ0n) is 10.9. The van der Waals surface area contributed by atoms with E-state index in [0.29, 0.717) is 17.8 Å². The first-order valence-electron chi connectivity index (χ1n) is 6.13. The van der Waals surface area contributed by atoms with Gasteiger partial charge in [0.2, 0.25) is 0 Å². The zero-order chi connectivity index (χ0) is 14.0. The van der Waals surface area contributed by atoms with Crippen molar-refractivity contribution >= 4 is 15.9 Å². The van der Waals surface area contributed by atoms with Crippen molar-refractivity contribution < 1.29 is 9.50 Å². The van der Waals surface area contributed by atoms with Gasteiger partial charge in [-0.1, -0.05) is 18.2 Å². The number of aromatic nitrogens is 2. The van der Waals surface area contributed by atoms with Crippen LogP contribution in [-0.2, 0) is 18.6 Å². The maximum absolute atomic E-state index is 13.7. The van der Waals surface area contributed by atoms with Gasteiger partial charge in [-0.05, 0) is 41.4 Å². The highest BCUT2D eigenvalue weighted by molar-refractivity contribution is 9.10. The molecule has 1 unspecified atom stereocenters. The summed E-state index contributed by atoms with van der Waals surface area (Å²) in [6, 6.07) is 6.49. The van der Waals surface area contributed by atoms with Gasteiger partial charge < -0.3 is 5.11 Å². The lowest BCUT2D eigenvalue weighted by Gasteiger charge is -2.25. The maximum Gasteiger partial charge on any atom is 0.126 e. The van der Waals surface area contributed by atoms with Gasteiger partial charge in [-0.3, -0.25) is 4.68 Å². The van der Waals surface area contributed by atoms with Crippen molar-refractivity contribution in [2.24, 2.45) is 0 Å². The smallest absolute Gasteiger partial charge is 0.126 e. The zero-order valence-corrected chi connectivity index (χ0v) is 12.5. The van der Waals surface area contributed by atoms with Gasteiger partial charge in [-0.25, -0.2) is 4.39 Å². The van der Waals surface area contributed by atoms with Crippen LogP contribution in [0.4, 0.5) is 4.39 Å². The minimum absolute atomic E-state index is 0.198. The van der Waals surface area contributed by atoms with Crippen LogP contribution in [0.25, 0.3) is 0 Å². The SMILES string of the molecule is CCn1ncc(Br)c1C(C)(O)Cc1ccccc1F. The third kappa shape index (κ3) is 2.87. The average Bonchev–Trinajstić information content (AvgIpc) is 2.74. The minimum Gasteiger partial charge on any atom is -0.383 e. The number of hydrogen-bond acceptors (Lipinski definition) is 2. The van der Waals surface area contributed by atoms with Crippen LogP contribution in [0.1, 0.15) is 25.1 Å². The molecule has 2 rings (SSSR count). The van der Waals surface area contributed by atoms with Gasteiger partial charge in [0.25, 0.3) is 0 Å². The van der Waals surface area contributed by atoms with Crippen molar-refractivity contribution in [3.05, 3.63) is 52.0 Å². The van der Waals surface area contributed by atoms with E-state index in [1.807, 2.05) is 6.92 Å². The molecule has 0 saturated heterocycles. The number of halogens is 2. The number of rotatable bonds is 4.